The fraction of sp³-hybridized carbons (Fsp3) is 0.538. The highest BCUT2D eigenvalue weighted by Gasteiger charge is 2.31. The third kappa shape index (κ3) is 1.92. The summed E-state index contributed by atoms with van der Waals surface area (Å²) in [6.45, 7) is 4.82. The molecule has 2 heteroatoms. The molecule has 0 amide bonds. The van der Waals surface area contributed by atoms with Crippen LogP contribution in [-0.4, -0.2) is 17.8 Å². The van der Waals surface area contributed by atoms with Crippen molar-refractivity contribution in [1.82, 2.24) is 0 Å². The molecule has 1 aromatic carbocycles. The molecule has 0 fully saturated rings. The van der Waals surface area contributed by atoms with Crippen molar-refractivity contribution in [1.29, 1.82) is 0 Å². The van der Waals surface area contributed by atoms with Gasteiger partial charge in [0.15, 0.2) is 0 Å². The summed E-state index contributed by atoms with van der Waals surface area (Å²) in [4.78, 5) is 0. The van der Waals surface area contributed by atoms with Gasteiger partial charge in [-0.15, -0.1) is 0 Å². The van der Waals surface area contributed by atoms with E-state index < -0.39 is 6.10 Å². The van der Waals surface area contributed by atoms with E-state index in [0.717, 1.165) is 12.0 Å². The van der Waals surface area contributed by atoms with Crippen molar-refractivity contribution >= 4 is 0 Å². The minimum Gasteiger partial charge on any atom is -0.386 e. The maximum absolute atomic E-state index is 10.1. The molecule has 1 N–H and O–H groups in total. The Morgan fingerprint density at radius 3 is 2.67 bits per heavy atom. The van der Waals surface area contributed by atoms with Gasteiger partial charge in [0.1, 0.15) is 6.10 Å². The third-order valence-corrected chi connectivity index (χ3v) is 3.16. The Hall–Kier alpha value is -0.860. The molecule has 2 nitrogen and oxygen atoms in total. The number of benzene rings is 1. The smallest absolute Gasteiger partial charge is 0.105 e. The Balaban J connectivity index is 2.31. The van der Waals surface area contributed by atoms with E-state index in [1.165, 1.54) is 5.56 Å². The van der Waals surface area contributed by atoms with Crippen molar-refractivity contribution in [3.8, 4) is 0 Å². The van der Waals surface area contributed by atoms with Gasteiger partial charge in [0.2, 0.25) is 0 Å². The van der Waals surface area contributed by atoms with Crippen LogP contribution in [0.2, 0.25) is 0 Å². The van der Waals surface area contributed by atoms with Crippen molar-refractivity contribution in [3.63, 3.8) is 0 Å². The average molecular weight is 206 g/mol. The number of hydrogen-bond acceptors (Lipinski definition) is 2. The maximum atomic E-state index is 10.1. The highest BCUT2D eigenvalue weighted by atomic mass is 16.5. The summed E-state index contributed by atoms with van der Waals surface area (Å²) >= 11 is 0. The minimum absolute atomic E-state index is 0.0418. The molecule has 0 radical (unpaired) electrons. The molecule has 82 valence electrons. The lowest BCUT2D eigenvalue weighted by atomic mass is 9.80. The molecule has 2 rings (SSSR count). The van der Waals surface area contributed by atoms with Gasteiger partial charge in [-0.05, 0) is 30.4 Å². The lowest BCUT2D eigenvalue weighted by Crippen LogP contribution is -2.29. The molecule has 0 aromatic heterocycles. The second-order valence-corrected chi connectivity index (χ2v) is 4.20. The van der Waals surface area contributed by atoms with Gasteiger partial charge in [-0.2, -0.15) is 0 Å². The number of hydrogen-bond donors (Lipinski definition) is 1. The lowest BCUT2D eigenvalue weighted by Gasteiger charge is -2.33. The third-order valence-electron chi connectivity index (χ3n) is 3.16. The molecule has 0 spiro atoms. The Morgan fingerprint density at radius 1 is 1.33 bits per heavy atom. The second-order valence-electron chi connectivity index (χ2n) is 4.20. The molecule has 0 saturated carbocycles. The van der Waals surface area contributed by atoms with Crippen LogP contribution in [0.15, 0.2) is 24.3 Å². The van der Waals surface area contributed by atoms with E-state index in [0.29, 0.717) is 12.5 Å². The van der Waals surface area contributed by atoms with E-state index in [-0.39, 0.29) is 6.10 Å². The van der Waals surface area contributed by atoms with Crippen molar-refractivity contribution in [2.45, 2.75) is 38.4 Å². The fourth-order valence-electron chi connectivity index (χ4n) is 2.41. The summed E-state index contributed by atoms with van der Waals surface area (Å²) in [6.07, 6.45) is 0.406. The van der Waals surface area contributed by atoms with Gasteiger partial charge in [0.05, 0.1) is 6.10 Å². The van der Waals surface area contributed by atoms with Gasteiger partial charge in [0, 0.05) is 6.61 Å². The normalized spacial score (nSPS) is 29.9. The molecule has 0 bridgehead atoms. The number of ether oxygens (including phenoxy) is 1. The van der Waals surface area contributed by atoms with Crippen LogP contribution in [0.5, 0.6) is 0 Å². The molecular weight excluding hydrogens is 188 g/mol. The molecular formula is C13H18O2. The molecule has 15 heavy (non-hydrogen) atoms. The summed E-state index contributed by atoms with van der Waals surface area (Å²) in [6, 6.07) is 8.11. The number of aliphatic hydroxyl groups is 1. The van der Waals surface area contributed by atoms with Crippen molar-refractivity contribution in [2.75, 3.05) is 6.61 Å². The summed E-state index contributed by atoms with van der Waals surface area (Å²) in [5.41, 5.74) is 2.30. The highest BCUT2D eigenvalue weighted by Crippen LogP contribution is 2.38. The SMILES string of the molecule is CCOC1CC(C)c2ccccc2C1O. The molecule has 1 aromatic rings. The monoisotopic (exact) mass is 206 g/mol. The first-order valence-electron chi connectivity index (χ1n) is 5.62. The maximum Gasteiger partial charge on any atom is 0.105 e. The minimum atomic E-state index is -0.461. The quantitative estimate of drug-likeness (QED) is 0.806. The van der Waals surface area contributed by atoms with Crippen LogP contribution in [0, 0.1) is 0 Å². The Kier molecular flexibility index (Phi) is 3.08. The fourth-order valence-corrected chi connectivity index (χ4v) is 2.41. The number of rotatable bonds is 2. The summed E-state index contributed by atoms with van der Waals surface area (Å²) in [5.74, 6) is 0.473. The topological polar surface area (TPSA) is 29.5 Å². The lowest BCUT2D eigenvalue weighted by molar-refractivity contribution is -0.0476. The molecule has 0 heterocycles. The van der Waals surface area contributed by atoms with Crippen LogP contribution in [0.4, 0.5) is 0 Å². The summed E-state index contributed by atoms with van der Waals surface area (Å²) in [5, 5.41) is 10.1. The summed E-state index contributed by atoms with van der Waals surface area (Å²) < 4.78 is 5.57. The van der Waals surface area contributed by atoms with Crippen molar-refractivity contribution in [3.05, 3.63) is 35.4 Å². The first-order chi connectivity index (χ1) is 7.24. The van der Waals surface area contributed by atoms with Gasteiger partial charge in [-0.3, -0.25) is 0 Å². The van der Waals surface area contributed by atoms with Crippen LogP contribution < -0.4 is 0 Å². The predicted molar refractivity (Wildman–Crippen MR) is 59.8 cm³/mol. The molecule has 3 unspecified atom stereocenters. The molecule has 1 aliphatic rings. The Labute approximate surface area is 90.9 Å². The Bertz CT molecular complexity index is 335. The van der Waals surface area contributed by atoms with Gasteiger partial charge < -0.3 is 9.84 Å². The summed E-state index contributed by atoms with van der Waals surface area (Å²) in [7, 11) is 0. The standard InChI is InChI=1S/C13H18O2/c1-3-15-12-8-9(2)10-6-4-5-7-11(10)13(12)14/h4-7,9,12-14H,3,8H2,1-2H3. The van der Waals surface area contributed by atoms with E-state index in [2.05, 4.69) is 13.0 Å². The van der Waals surface area contributed by atoms with Crippen LogP contribution in [0.3, 0.4) is 0 Å². The first kappa shape index (κ1) is 10.7. The Morgan fingerprint density at radius 2 is 2.00 bits per heavy atom. The van der Waals surface area contributed by atoms with Crippen LogP contribution in [-0.2, 0) is 4.74 Å². The van der Waals surface area contributed by atoms with Crippen LogP contribution in [0.1, 0.15) is 43.4 Å². The van der Waals surface area contributed by atoms with Gasteiger partial charge in [-0.1, -0.05) is 31.2 Å². The highest BCUT2D eigenvalue weighted by molar-refractivity contribution is 5.35. The zero-order valence-electron chi connectivity index (χ0n) is 9.31. The van der Waals surface area contributed by atoms with E-state index in [4.69, 9.17) is 4.74 Å². The van der Waals surface area contributed by atoms with Gasteiger partial charge >= 0.3 is 0 Å². The van der Waals surface area contributed by atoms with E-state index in [9.17, 15) is 5.11 Å². The van der Waals surface area contributed by atoms with Gasteiger partial charge in [0.25, 0.3) is 0 Å². The number of aliphatic hydroxyl groups excluding tert-OH is 1. The zero-order valence-corrected chi connectivity index (χ0v) is 9.31. The van der Waals surface area contributed by atoms with E-state index in [1.807, 2.05) is 25.1 Å². The number of fused-ring (bicyclic) bond motifs is 1. The zero-order chi connectivity index (χ0) is 10.8. The second kappa shape index (κ2) is 4.33. The molecule has 0 aliphatic heterocycles. The largest absolute Gasteiger partial charge is 0.386 e. The van der Waals surface area contributed by atoms with E-state index >= 15 is 0 Å². The van der Waals surface area contributed by atoms with Crippen LogP contribution in [0.25, 0.3) is 0 Å². The van der Waals surface area contributed by atoms with Crippen molar-refractivity contribution in [2.24, 2.45) is 0 Å². The van der Waals surface area contributed by atoms with Gasteiger partial charge in [-0.25, -0.2) is 0 Å². The van der Waals surface area contributed by atoms with Crippen molar-refractivity contribution < 1.29 is 9.84 Å². The van der Waals surface area contributed by atoms with Crippen LogP contribution >= 0.6 is 0 Å². The molecule has 0 saturated heterocycles. The molecule has 3 atom stereocenters. The predicted octanol–water partition coefficient (Wildman–Crippen LogP) is 2.63. The molecule has 1 aliphatic carbocycles. The first-order valence-corrected chi connectivity index (χ1v) is 5.62. The van der Waals surface area contributed by atoms with E-state index in [1.54, 1.807) is 0 Å². The average Bonchev–Trinajstić information content (AvgIpc) is 2.26.